The van der Waals surface area contributed by atoms with Gasteiger partial charge in [-0.15, -0.1) is 0 Å². The molecule has 0 radical (unpaired) electrons. The van der Waals surface area contributed by atoms with Crippen LogP contribution >= 0.6 is 11.5 Å². The van der Waals surface area contributed by atoms with Gasteiger partial charge in [-0.3, -0.25) is 14.0 Å². The van der Waals surface area contributed by atoms with Crippen molar-refractivity contribution in [3.05, 3.63) is 125 Å². The van der Waals surface area contributed by atoms with E-state index in [-0.39, 0.29) is 29.3 Å². The van der Waals surface area contributed by atoms with Gasteiger partial charge in [-0.05, 0) is 64.3 Å². The molecular formula is C30H20N4O4S. The van der Waals surface area contributed by atoms with Crippen LogP contribution in [0.4, 0.5) is 0 Å². The molecule has 3 aromatic carbocycles. The fourth-order valence-electron chi connectivity index (χ4n) is 4.47. The number of hydrogen-bond donors (Lipinski definition) is 2. The van der Waals surface area contributed by atoms with Crippen LogP contribution in [-0.4, -0.2) is 36.5 Å². The number of fused-ring (bicyclic) bond motifs is 2. The number of nitrogens with one attached hydrogen (secondary N) is 1. The van der Waals surface area contributed by atoms with Gasteiger partial charge in [0.05, 0.1) is 17.5 Å². The van der Waals surface area contributed by atoms with Crippen LogP contribution in [0.1, 0.15) is 42.5 Å². The molecule has 0 aliphatic carbocycles. The second-order valence-corrected chi connectivity index (χ2v) is 9.59. The number of carboxylic acids is 1. The highest BCUT2D eigenvalue weighted by Gasteiger charge is 2.22. The zero-order valence-corrected chi connectivity index (χ0v) is 21.2. The number of amides is 1. The number of carbonyl (C=O) groups is 3. The van der Waals surface area contributed by atoms with E-state index >= 15 is 0 Å². The highest BCUT2D eigenvalue weighted by Crippen LogP contribution is 2.25. The molecule has 1 amide bonds. The Labute approximate surface area is 226 Å². The number of ketones is 1. The Morgan fingerprint density at radius 1 is 0.846 bits per heavy atom. The largest absolute Gasteiger partial charge is 0.478 e. The van der Waals surface area contributed by atoms with Crippen LogP contribution in [0.5, 0.6) is 0 Å². The molecule has 0 saturated carbocycles. The van der Waals surface area contributed by atoms with Gasteiger partial charge >= 0.3 is 5.97 Å². The van der Waals surface area contributed by atoms with Crippen molar-refractivity contribution in [2.45, 2.75) is 6.54 Å². The summed E-state index contributed by atoms with van der Waals surface area (Å²) in [6.45, 7) is 0.170. The first kappa shape index (κ1) is 24.2. The van der Waals surface area contributed by atoms with Gasteiger partial charge in [-0.1, -0.05) is 48.5 Å². The highest BCUT2D eigenvalue weighted by molar-refractivity contribution is 7.03. The van der Waals surface area contributed by atoms with Crippen LogP contribution in [0.15, 0.2) is 96.5 Å². The number of aromatic carboxylic acids is 1. The van der Waals surface area contributed by atoms with E-state index in [0.717, 1.165) is 16.3 Å². The normalized spacial score (nSPS) is 11.1. The summed E-state index contributed by atoms with van der Waals surface area (Å²) in [6.07, 6.45) is 1.49. The maximum absolute atomic E-state index is 13.7. The Hall–Kier alpha value is -5.15. The molecular weight excluding hydrogens is 512 g/mol. The van der Waals surface area contributed by atoms with Crippen LogP contribution < -0.4 is 5.32 Å². The monoisotopic (exact) mass is 532 g/mol. The molecule has 8 nitrogen and oxygen atoms in total. The minimum absolute atomic E-state index is 0.165. The summed E-state index contributed by atoms with van der Waals surface area (Å²) < 4.78 is 5.95. The second kappa shape index (κ2) is 9.96. The first-order valence-electron chi connectivity index (χ1n) is 12.0. The van der Waals surface area contributed by atoms with E-state index in [4.69, 9.17) is 5.11 Å². The lowest BCUT2D eigenvalue weighted by Gasteiger charge is -2.12. The number of benzene rings is 3. The lowest BCUT2D eigenvalue weighted by Crippen LogP contribution is -2.26. The lowest BCUT2D eigenvalue weighted by molar-refractivity contribution is 0.0696. The molecule has 6 aromatic rings. The van der Waals surface area contributed by atoms with Crippen molar-refractivity contribution in [2.75, 3.05) is 0 Å². The van der Waals surface area contributed by atoms with Crippen molar-refractivity contribution in [3.8, 4) is 11.3 Å². The molecule has 0 fully saturated rings. The molecule has 0 aliphatic rings. The third kappa shape index (κ3) is 4.67. The maximum atomic E-state index is 13.7. The number of carbonyl (C=O) groups excluding carboxylic acids is 2. The van der Waals surface area contributed by atoms with E-state index in [1.165, 1.54) is 29.9 Å². The van der Waals surface area contributed by atoms with Gasteiger partial charge in [-0.2, -0.15) is 4.37 Å². The van der Waals surface area contributed by atoms with Gasteiger partial charge in [0.2, 0.25) is 5.78 Å². The second-order valence-electron chi connectivity index (χ2n) is 8.93. The molecule has 0 spiro atoms. The number of rotatable bonds is 7. The summed E-state index contributed by atoms with van der Waals surface area (Å²) in [5.74, 6) is -1.69. The van der Waals surface area contributed by atoms with Crippen molar-refractivity contribution in [1.29, 1.82) is 0 Å². The summed E-state index contributed by atoms with van der Waals surface area (Å²) >= 11 is 1.30. The van der Waals surface area contributed by atoms with Gasteiger partial charge in [0, 0.05) is 23.1 Å². The number of carboxylic acid groups (broad SMARTS) is 1. The zero-order chi connectivity index (χ0) is 26.9. The Balaban J connectivity index is 1.39. The first-order valence-corrected chi connectivity index (χ1v) is 12.9. The minimum Gasteiger partial charge on any atom is -0.478 e. The summed E-state index contributed by atoms with van der Waals surface area (Å²) in [5.41, 5.74) is 3.74. The predicted molar refractivity (Wildman–Crippen MR) is 148 cm³/mol. The number of nitrogens with zero attached hydrogens (tertiary/aromatic N) is 3. The van der Waals surface area contributed by atoms with Gasteiger partial charge < -0.3 is 10.4 Å². The molecule has 0 unspecified atom stereocenters. The topological polar surface area (TPSA) is 114 Å². The van der Waals surface area contributed by atoms with Crippen molar-refractivity contribution in [3.63, 3.8) is 0 Å². The van der Waals surface area contributed by atoms with Crippen LogP contribution in [0.3, 0.4) is 0 Å². The molecule has 9 heteroatoms. The number of hydrogen-bond acceptors (Lipinski definition) is 6. The molecule has 0 bridgehead atoms. The molecule has 0 aliphatic heterocycles. The molecule has 190 valence electrons. The molecule has 0 saturated heterocycles. The van der Waals surface area contributed by atoms with Gasteiger partial charge in [0.1, 0.15) is 17.0 Å². The average Bonchev–Trinajstić information content (AvgIpc) is 3.66. The zero-order valence-electron chi connectivity index (χ0n) is 20.4. The summed E-state index contributed by atoms with van der Waals surface area (Å²) in [5, 5.41) is 15.8. The van der Waals surface area contributed by atoms with E-state index in [1.54, 1.807) is 34.7 Å². The molecule has 39 heavy (non-hydrogen) atoms. The van der Waals surface area contributed by atoms with Crippen molar-refractivity contribution < 1.29 is 19.5 Å². The summed E-state index contributed by atoms with van der Waals surface area (Å²) in [6, 6.07) is 24.9. The lowest BCUT2D eigenvalue weighted by atomic mass is 10.0. The van der Waals surface area contributed by atoms with Crippen LogP contribution in [0, 0.1) is 0 Å². The number of aromatic nitrogens is 3. The minimum atomic E-state index is -1.02. The third-order valence-electron chi connectivity index (χ3n) is 6.47. The molecule has 3 heterocycles. The van der Waals surface area contributed by atoms with Gasteiger partial charge in [0.15, 0.2) is 0 Å². The van der Waals surface area contributed by atoms with Gasteiger partial charge in [0.25, 0.3) is 5.91 Å². The summed E-state index contributed by atoms with van der Waals surface area (Å²) in [7, 11) is 0. The smallest absolute Gasteiger partial charge is 0.335 e. The molecule has 3 aromatic heterocycles. The molecule has 2 N–H and O–H groups in total. The fourth-order valence-corrected chi connectivity index (χ4v) is 5.00. The Kier molecular flexibility index (Phi) is 6.18. The van der Waals surface area contributed by atoms with E-state index in [1.807, 2.05) is 47.8 Å². The van der Waals surface area contributed by atoms with E-state index < -0.39 is 11.9 Å². The molecule has 0 atom stereocenters. The van der Waals surface area contributed by atoms with Crippen molar-refractivity contribution in [2.24, 2.45) is 0 Å². The van der Waals surface area contributed by atoms with E-state index in [9.17, 15) is 14.4 Å². The van der Waals surface area contributed by atoms with E-state index in [0.29, 0.717) is 22.5 Å². The fraction of sp³-hybridized carbons (Fsp3) is 0.0333. The van der Waals surface area contributed by atoms with Crippen LogP contribution in [0.25, 0.3) is 27.7 Å². The maximum Gasteiger partial charge on any atom is 0.335 e. The standard InChI is InChI=1S/C30H20N4O4S/c35-28(22-10-9-19-3-1-2-4-21(19)13-22)26-17-31-27-15-23(24-11-12-39-33-24)14-25(34(26)27)29(36)32-16-18-5-7-20(8-6-18)30(37)38/h1-15,17H,16H2,(H,32,36)(H,37,38). The predicted octanol–water partition coefficient (Wildman–Crippen LogP) is 5.47. The van der Waals surface area contributed by atoms with E-state index in [2.05, 4.69) is 14.7 Å². The van der Waals surface area contributed by atoms with Crippen molar-refractivity contribution >= 4 is 45.6 Å². The molecule has 6 rings (SSSR count). The van der Waals surface area contributed by atoms with Crippen LogP contribution in [0.2, 0.25) is 0 Å². The number of imidazole rings is 1. The Morgan fingerprint density at radius 3 is 2.36 bits per heavy atom. The Bertz CT molecular complexity index is 1880. The average molecular weight is 533 g/mol. The third-order valence-corrected chi connectivity index (χ3v) is 7.03. The van der Waals surface area contributed by atoms with Crippen molar-refractivity contribution in [1.82, 2.24) is 19.1 Å². The number of pyridine rings is 1. The van der Waals surface area contributed by atoms with Gasteiger partial charge in [-0.25, -0.2) is 9.78 Å². The first-order chi connectivity index (χ1) is 19.0. The quantitative estimate of drug-likeness (QED) is 0.264. The highest BCUT2D eigenvalue weighted by atomic mass is 32.1. The summed E-state index contributed by atoms with van der Waals surface area (Å²) in [4.78, 5) is 42.8. The SMILES string of the molecule is O=C(O)c1ccc(CNC(=O)c2cc(-c3ccsn3)cc3ncc(C(=O)c4ccc5ccccc5c4)n23)cc1. The Morgan fingerprint density at radius 2 is 1.62 bits per heavy atom. The van der Waals surface area contributed by atoms with Crippen LogP contribution in [-0.2, 0) is 6.54 Å².